The van der Waals surface area contributed by atoms with Gasteiger partial charge in [0.15, 0.2) is 0 Å². The highest BCUT2D eigenvalue weighted by Gasteiger charge is 2.14. The fourth-order valence-electron chi connectivity index (χ4n) is 6.84. The number of hydrogen-bond donors (Lipinski definition) is 0. The lowest BCUT2D eigenvalue weighted by atomic mass is 9.93. The summed E-state index contributed by atoms with van der Waals surface area (Å²) in [4.78, 5) is 5.11. The summed E-state index contributed by atoms with van der Waals surface area (Å²) in [5.41, 5.74) is 11.5. The first kappa shape index (κ1) is 25.5. The Labute approximate surface area is 261 Å². The molecule has 2 heteroatoms. The van der Waals surface area contributed by atoms with Crippen LogP contribution >= 0.6 is 0 Å². The van der Waals surface area contributed by atoms with E-state index in [2.05, 4.69) is 168 Å². The van der Waals surface area contributed by atoms with Crippen LogP contribution in [0.3, 0.4) is 0 Å². The molecule has 210 valence electrons. The Morgan fingerprint density at radius 1 is 0.400 bits per heavy atom. The van der Waals surface area contributed by atoms with Crippen LogP contribution in [0.4, 0.5) is 0 Å². The number of nitrogens with zero attached hydrogens (tertiary/aromatic N) is 2. The number of aromatic nitrogens is 2. The topological polar surface area (TPSA) is 17.8 Å². The van der Waals surface area contributed by atoms with E-state index < -0.39 is 0 Å². The molecular weight excluding hydrogens is 544 g/mol. The molecule has 0 fully saturated rings. The molecule has 0 N–H and O–H groups in total. The van der Waals surface area contributed by atoms with E-state index in [1.165, 1.54) is 60.2 Å². The van der Waals surface area contributed by atoms with Gasteiger partial charge in [-0.2, -0.15) is 0 Å². The fraction of sp³-hybridized carbons (Fsp3) is 0. The number of rotatable bonds is 4. The number of fused-ring (bicyclic) bond motifs is 6. The lowest BCUT2D eigenvalue weighted by molar-refractivity contribution is 1.18. The highest BCUT2D eigenvalue weighted by Crippen LogP contribution is 2.38. The van der Waals surface area contributed by atoms with Crippen LogP contribution in [0.1, 0.15) is 0 Å². The average Bonchev–Trinajstić information content (AvgIpc) is 3.46. The Hall–Kier alpha value is -5.99. The summed E-state index contributed by atoms with van der Waals surface area (Å²) < 4.78 is 2.36. The average molecular weight is 573 g/mol. The molecule has 2 aromatic heterocycles. The van der Waals surface area contributed by atoms with E-state index in [-0.39, 0.29) is 0 Å². The number of pyridine rings is 1. The third kappa shape index (κ3) is 4.22. The van der Waals surface area contributed by atoms with E-state index in [0.717, 1.165) is 22.5 Å². The minimum atomic E-state index is 0.984. The number of hydrogen-bond acceptors (Lipinski definition) is 1. The highest BCUT2D eigenvalue weighted by atomic mass is 15.0. The summed E-state index contributed by atoms with van der Waals surface area (Å²) in [5.74, 6) is 0. The van der Waals surface area contributed by atoms with Gasteiger partial charge in [-0.25, -0.2) is 4.98 Å². The molecule has 9 rings (SSSR count). The normalized spacial score (nSPS) is 11.6. The molecule has 0 unspecified atom stereocenters. The minimum Gasteiger partial charge on any atom is -0.309 e. The minimum absolute atomic E-state index is 0.984. The first-order valence-electron chi connectivity index (χ1n) is 15.4. The van der Waals surface area contributed by atoms with Crippen LogP contribution in [0.2, 0.25) is 0 Å². The van der Waals surface area contributed by atoms with Crippen molar-refractivity contribution in [1.82, 2.24) is 9.55 Å². The third-order valence-electron chi connectivity index (χ3n) is 9.00. The van der Waals surface area contributed by atoms with Crippen LogP contribution < -0.4 is 0 Å². The Bertz CT molecular complexity index is 2450. The van der Waals surface area contributed by atoms with Crippen molar-refractivity contribution in [3.05, 3.63) is 170 Å². The van der Waals surface area contributed by atoms with Crippen molar-refractivity contribution in [2.24, 2.45) is 0 Å². The summed E-state index contributed by atoms with van der Waals surface area (Å²) in [6, 6.07) is 60.8. The molecule has 9 aromatic rings. The van der Waals surface area contributed by atoms with Gasteiger partial charge >= 0.3 is 0 Å². The Morgan fingerprint density at radius 2 is 0.956 bits per heavy atom. The molecule has 2 nitrogen and oxygen atoms in total. The standard InChI is InChI=1S/C43H28N2/c1-2-11-33(12-3-1)40-28-38(43-35-13-5-4-10-31(35)24-27-39(43)44-40)32-20-18-29(19-21-32)30-22-25-34(26-23-30)45-41-16-8-6-14-36(41)37-15-7-9-17-42(37)45/h1-28H. The summed E-state index contributed by atoms with van der Waals surface area (Å²) in [6.45, 7) is 0. The van der Waals surface area contributed by atoms with Crippen LogP contribution in [0.25, 0.3) is 82.7 Å². The number of para-hydroxylation sites is 2. The summed E-state index contributed by atoms with van der Waals surface area (Å²) in [5, 5.41) is 6.19. The maximum atomic E-state index is 5.11. The molecule has 0 aliphatic heterocycles. The molecule has 0 aliphatic rings. The van der Waals surface area contributed by atoms with Gasteiger partial charge in [-0.1, -0.05) is 133 Å². The van der Waals surface area contributed by atoms with Crippen LogP contribution in [-0.2, 0) is 0 Å². The molecule has 0 aliphatic carbocycles. The maximum Gasteiger partial charge on any atom is 0.0722 e. The van der Waals surface area contributed by atoms with Crippen molar-refractivity contribution in [3.8, 4) is 39.2 Å². The SMILES string of the molecule is c1ccc(-c2cc(-c3ccc(-c4ccc(-n5c6ccccc6c6ccccc65)cc4)cc3)c3c(ccc4ccccc43)n2)cc1. The predicted octanol–water partition coefficient (Wildman–Crippen LogP) is 11.5. The van der Waals surface area contributed by atoms with Crippen molar-refractivity contribution < 1.29 is 0 Å². The Kier molecular flexibility index (Phi) is 5.85. The van der Waals surface area contributed by atoms with Gasteiger partial charge < -0.3 is 4.57 Å². The van der Waals surface area contributed by atoms with Crippen molar-refractivity contribution in [2.45, 2.75) is 0 Å². The van der Waals surface area contributed by atoms with Crippen molar-refractivity contribution in [1.29, 1.82) is 0 Å². The van der Waals surface area contributed by atoms with Gasteiger partial charge in [0.2, 0.25) is 0 Å². The molecule has 0 bridgehead atoms. The second-order valence-electron chi connectivity index (χ2n) is 11.6. The van der Waals surface area contributed by atoms with Crippen LogP contribution in [0, 0.1) is 0 Å². The van der Waals surface area contributed by atoms with Gasteiger partial charge in [0, 0.05) is 27.4 Å². The first-order valence-corrected chi connectivity index (χ1v) is 15.4. The maximum absolute atomic E-state index is 5.11. The number of benzene rings is 7. The summed E-state index contributed by atoms with van der Waals surface area (Å²) >= 11 is 0. The second kappa shape index (κ2) is 10.3. The van der Waals surface area contributed by atoms with Gasteiger partial charge in [0.05, 0.1) is 22.2 Å². The van der Waals surface area contributed by atoms with E-state index in [1.54, 1.807) is 0 Å². The van der Waals surface area contributed by atoms with Gasteiger partial charge in [-0.05, 0) is 69.4 Å². The van der Waals surface area contributed by atoms with Gasteiger partial charge in [0.25, 0.3) is 0 Å². The molecule has 0 amide bonds. The van der Waals surface area contributed by atoms with E-state index in [0.29, 0.717) is 0 Å². The Balaban J connectivity index is 1.13. The molecule has 0 saturated heterocycles. The van der Waals surface area contributed by atoms with Crippen LogP contribution in [0.5, 0.6) is 0 Å². The zero-order chi connectivity index (χ0) is 29.7. The largest absolute Gasteiger partial charge is 0.309 e. The molecule has 0 radical (unpaired) electrons. The fourth-order valence-corrected chi connectivity index (χ4v) is 6.84. The molecule has 0 atom stereocenters. The first-order chi connectivity index (χ1) is 22.3. The quantitative estimate of drug-likeness (QED) is 0.192. The van der Waals surface area contributed by atoms with E-state index in [1.807, 2.05) is 6.07 Å². The molecular formula is C43H28N2. The highest BCUT2D eigenvalue weighted by molar-refractivity contribution is 6.14. The lowest BCUT2D eigenvalue weighted by Gasteiger charge is -2.14. The third-order valence-corrected chi connectivity index (χ3v) is 9.00. The molecule has 0 spiro atoms. The summed E-state index contributed by atoms with van der Waals surface area (Å²) in [7, 11) is 0. The van der Waals surface area contributed by atoms with Crippen molar-refractivity contribution in [2.75, 3.05) is 0 Å². The van der Waals surface area contributed by atoms with Gasteiger partial charge in [-0.15, -0.1) is 0 Å². The molecule has 45 heavy (non-hydrogen) atoms. The van der Waals surface area contributed by atoms with Gasteiger partial charge in [-0.3, -0.25) is 0 Å². The second-order valence-corrected chi connectivity index (χ2v) is 11.6. The zero-order valence-corrected chi connectivity index (χ0v) is 24.6. The van der Waals surface area contributed by atoms with Crippen LogP contribution in [0.15, 0.2) is 170 Å². The van der Waals surface area contributed by atoms with E-state index in [9.17, 15) is 0 Å². The lowest BCUT2D eigenvalue weighted by Crippen LogP contribution is -1.93. The zero-order valence-electron chi connectivity index (χ0n) is 24.6. The smallest absolute Gasteiger partial charge is 0.0722 e. The van der Waals surface area contributed by atoms with E-state index in [4.69, 9.17) is 4.98 Å². The monoisotopic (exact) mass is 572 g/mol. The van der Waals surface area contributed by atoms with Crippen LogP contribution in [-0.4, -0.2) is 9.55 Å². The molecule has 0 saturated carbocycles. The van der Waals surface area contributed by atoms with Gasteiger partial charge in [0.1, 0.15) is 0 Å². The predicted molar refractivity (Wildman–Crippen MR) is 190 cm³/mol. The Morgan fingerprint density at radius 3 is 1.64 bits per heavy atom. The van der Waals surface area contributed by atoms with E-state index >= 15 is 0 Å². The van der Waals surface area contributed by atoms with Crippen molar-refractivity contribution in [3.63, 3.8) is 0 Å². The summed E-state index contributed by atoms with van der Waals surface area (Å²) in [6.07, 6.45) is 0. The molecule has 7 aromatic carbocycles. The van der Waals surface area contributed by atoms with Crippen molar-refractivity contribution >= 4 is 43.5 Å². The molecule has 2 heterocycles.